The summed E-state index contributed by atoms with van der Waals surface area (Å²) >= 11 is 0. The van der Waals surface area contributed by atoms with Gasteiger partial charge in [0.05, 0.1) is 6.61 Å². The highest BCUT2D eigenvalue weighted by Crippen LogP contribution is 2.23. The molecule has 0 aromatic carbocycles. The molecule has 1 fully saturated rings. The van der Waals surface area contributed by atoms with Gasteiger partial charge in [-0.2, -0.15) is 0 Å². The van der Waals surface area contributed by atoms with Gasteiger partial charge in [-0.15, -0.1) is 0 Å². The van der Waals surface area contributed by atoms with Crippen LogP contribution in [0.3, 0.4) is 0 Å². The third kappa shape index (κ3) is 1.29. The molecule has 72 valence electrons. The highest BCUT2D eigenvalue weighted by molar-refractivity contribution is 6.19. The lowest BCUT2D eigenvalue weighted by Crippen LogP contribution is -2.63. The maximum atomic E-state index is 11.2. The highest BCUT2D eigenvalue weighted by atomic mass is 16.3. The van der Waals surface area contributed by atoms with E-state index >= 15 is 0 Å². The Balaban J connectivity index is 3.01. The molecule has 6 heteroatoms. The van der Waals surface area contributed by atoms with Crippen molar-refractivity contribution in [2.24, 2.45) is 5.41 Å². The summed E-state index contributed by atoms with van der Waals surface area (Å²) in [5.74, 6) is -1.49. The number of carbonyl (C=O) groups excluding carboxylic acids is 3. The monoisotopic (exact) mass is 186 g/mol. The van der Waals surface area contributed by atoms with Gasteiger partial charge in [-0.1, -0.05) is 6.92 Å². The van der Waals surface area contributed by atoms with Gasteiger partial charge in [0.1, 0.15) is 0 Å². The second kappa shape index (κ2) is 3.14. The average molecular weight is 186 g/mol. The third-order valence-corrected chi connectivity index (χ3v) is 2.20. The van der Waals surface area contributed by atoms with E-state index in [2.05, 4.69) is 0 Å². The number of imide groups is 2. The molecule has 0 spiro atoms. The molecule has 6 nitrogen and oxygen atoms in total. The van der Waals surface area contributed by atoms with Crippen molar-refractivity contribution in [2.45, 2.75) is 13.3 Å². The quantitative estimate of drug-likeness (QED) is 0.469. The molecular weight excluding hydrogens is 176 g/mol. The Hall–Kier alpha value is -1.43. The minimum absolute atomic E-state index is 0.147. The molecule has 0 radical (unpaired) electrons. The largest absolute Gasteiger partial charge is 0.395 e. The molecule has 0 unspecified atom stereocenters. The van der Waals surface area contributed by atoms with Crippen LogP contribution in [0.1, 0.15) is 13.3 Å². The smallest absolute Gasteiger partial charge is 0.328 e. The SMILES string of the molecule is CCC1(CO)C(=O)NC(=O)NC1=O. The van der Waals surface area contributed by atoms with Gasteiger partial charge in [-0.3, -0.25) is 20.2 Å². The molecule has 1 aliphatic heterocycles. The zero-order chi connectivity index (χ0) is 10.1. The summed E-state index contributed by atoms with van der Waals surface area (Å²) in [7, 11) is 0. The maximum Gasteiger partial charge on any atom is 0.328 e. The summed E-state index contributed by atoms with van der Waals surface area (Å²) in [5, 5.41) is 12.8. The van der Waals surface area contributed by atoms with Crippen molar-refractivity contribution >= 4 is 17.8 Å². The van der Waals surface area contributed by atoms with Gasteiger partial charge < -0.3 is 5.11 Å². The molecular formula is C7H10N2O4. The van der Waals surface area contributed by atoms with E-state index < -0.39 is 29.9 Å². The van der Waals surface area contributed by atoms with E-state index in [4.69, 9.17) is 5.11 Å². The van der Waals surface area contributed by atoms with Crippen molar-refractivity contribution in [3.63, 3.8) is 0 Å². The predicted molar refractivity (Wildman–Crippen MR) is 41.5 cm³/mol. The zero-order valence-electron chi connectivity index (χ0n) is 7.09. The van der Waals surface area contributed by atoms with Crippen LogP contribution in [0, 0.1) is 5.41 Å². The van der Waals surface area contributed by atoms with Crippen LogP contribution in [-0.4, -0.2) is 29.6 Å². The first-order valence-corrected chi connectivity index (χ1v) is 3.84. The van der Waals surface area contributed by atoms with Crippen molar-refractivity contribution < 1.29 is 19.5 Å². The van der Waals surface area contributed by atoms with Crippen LogP contribution in [0.25, 0.3) is 0 Å². The predicted octanol–water partition coefficient (Wildman–Crippen LogP) is -1.26. The summed E-state index contributed by atoms with van der Waals surface area (Å²) in [6.45, 7) is 0.986. The Kier molecular flexibility index (Phi) is 2.33. The van der Waals surface area contributed by atoms with Crippen molar-refractivity contribution in [2.75, 3.05) is 6.61 Å². The number of carbonyl (C=O) groups is 3. The van der Waals surface area contributed by atoms with Gasteiger partial charge >= 0.3 is 6.03 Å². The van der Waals surface area contributed by atoms with E-state index in [1.54, 1.807) is 6.92 Å². The minimum Gasteiger partial charge on any atom is -0.395 e. The summed E-state index contributed by atoms with van der Waals surface area (Å²) in [4.78, 5) is 33.2. The number of rotatable bonds is 2. The normalized spacial score (nSPS) is 20.9. The number of aliphatic hydroxyl groups is 1. The van der Waals surface area contributed by atoms with Gasteiger partial charge in [0.15, 0.2) is 5.41 Å². The topological polar surface area (TPSA) is 95.5 Å². The van der Waals surface area contributed by atoms with Crippen LogP contribution >= 0.6 is 0 Å². The summed E-state index contributed by atoms with van der Waals surface area (Å²) in [5.41, 5.74) is -1.51. The van der Waals surface area contributed by atoms with Crippen molar-refractivity contribution in [3.05, 3.63) is 0 Å². The van der Waals surface area contributed by atoms with Gasteiger partial charge in [0.2, 0.25) is 11.8 Å². The molecule has 1 saturated heterocycles. The van der Waals surface area contributed by atoms with Crippen LogP contribution < -0.4 is 10.6 Å². The molecule has 3 N–H and O–H groups in total. The van der Waals surface area contributed by atoms with E-state index in [0.717, 1.165) is 0 Å². The third-order valence-electron chi connectivity index (χ3n) is 2.20. The van der Waals surface area contributed by atoms with E-state index in [1.165, 1.54) is 0 Å². The Morgan fingerprint density at radius 1 is 1.23 bits per heavy atom. The second-order valence-corrected chi connectivity index (χ2v) is 2.83. The summed E-state index contributed by atoms with van der Waals surface area (Å²) < 4.78 is 0. The standard InChI is InChI=1S/C7H10N2O4/c1-2-7(3-10)4(11)8-6(13)9-5(7)12/h10H,2-3H2,1H3,(H2,8,9,11,12,13). The molecule has 0 aromatic heterocycles. The van der Waals surface area contributed by atoms with E-state index in [9.17, 15) is 14.4 Å². The van der Waals surface area contributed by atoms with Gasteiger partial charge in [0.25, 0.3) is 0 Å². The second-order valence-electron chi connectivity index (χ2n) is 2.83. The molecule has 0 aromatic rings. The maximum absolute atomic E-state index is 11.2. The van der Waals surface area contributed by atoms with Crippen molar-refractivity contribution in [1.82, 2.24) is 10.6 Å². The van der Waals surface area contributed by atoms with Gasteiger partial charge in [-0.05, 0) is 6.42 Å². The average Bonchev–Trinajstić information content (AvgIpc) is 2.05. The number of hydrogen-bond acceptors (Lipinski definition) is 4. The molecule has 4 amide bonds. The molecule has 13 heavy (non-hydrogen) atoms. The fourth-order valence-electron chi connectivity index (χ4n) is 1.16. The molecule has 0 saturated carbocycles. The molecule has 0 atom stereocenters. The Labute approximate surface area is 74.3 Å². The van der Waals surface area contributed by atoms with E-state index in [1.807, 2.05) is 10.6 Å². The van der Waals surface area contributed by atoms with Crippen LogP contribution in [0.15, 0.2) is 0 Å². The number of hydrogen-bond donors (Lipinski definition) is 3. The number of amides is 4. The summed E-state index contributed by atoms with van der Waals surface area (Å²) in [6, 6.07) is -0.840. The van der Waals surface area contributed by atoms with Gasteiger partial charge in [-0.25, -0.2) is 4.79 Å². The number of aliphatic hydroxyl groups excluding tert-OH is 1. The zero-order valence-corrected chi connectivity index (χ0v) is 7.09. The lowest BCUT2D eigenvalue weighted by Gasteiger charge is -2.30. The van der Waals surface area contributed by atoms with Crippen molar-refractivity contribution in [1.29, 1.82) is 0 Å². The first kappa shape index (κ1) is 9.66. The first-order valence-electron chi connectivity index (χ1n) is 3.84. The van der Waals surface area contributed by atoms with Crippen LogP contribution in [0.4, 0.5) is 4.79 Å². The Morgan fingerprint density at radius 2 is 1.69 bits per heavy atom. The Bertz CT molecular complexity index is 248. The lowest BCUT2D eigenvalue weighted by atomic mass is 9.83. The Morgan fingerprint density at radius 3 is 2.00 bits per heavy atom. The highest BCUT2D eigenvalue weighted by Gasteiger charge is 2.48. The number of nitrogens with one attached hydrogen (secondary N) is 2. The fourth-order valence-corrected chi connectivity index (χ4v) is 1.16. The van der Waals surface area contributed by atoms with Crippen LogP contribution in [-0.2, 0) is 9.59 Å². The molecule has 0 bridgehead atoms. The van der Waals surface area contributed by atoms with Gasteiger partial charge in [0, 0.05) is 0 Å². The first-order chi connectivity index (χ1) is 6.06. The number of barbiturate groups is 1. The molecule has 1 aliphatic rings. The molecule has 0 aliphatic carbocycles. The summed E-state index contributed by atoms with van der Waals surface area (Å²) in [6.07, 6.45) is 0.147. The minimum atomic E-state index is -1.51. The van der Waals surface area contributed by atoms with E-state index in [0.29, 0.717) is 0 Å². The fraction of sp³-hybridized carbons (Fsp3) is 0.571. The van der Waals surface area contributed by atoms with Crippen molar-refractivity contribution in [3.8, 4) is 0 Å². The van der Waals surface area contributed by atoms with Crippen LogP contribution in [0.5, 0.6) is 0 Å². The molecule has 1 heterocycles. The lowest BCUT2D eigenvalue weighted by molar-refractivity contribution is -0.147. The molecule has 1 rings (SSSR count). The van der Waals surface area contributed by atoms with E-state index in [-0.39, 0.29) is 6.42 Å². The van der Waals surface area contributed by atoms with Crippen LogP contribution in [0.2, 0.25) is 0 Å². The number of urea groups is 1.